The van der Waals surface area contributed by atoms with Crippen LogP contribution in [0.3, 0.4) is 0 Å². The number of hydrogen-bond acceptors (Lipinski definition) is 6. The van der Waals surface area contributed by atoms with Crippen LogP contribution in [-0.4, -0.2) is 40.4 Å². The first-order valence-corrected chi connectivity index (χ1v) is 11.1. The van der Waals surface area contributed by atoms with Crippen molar-refractivity contribution >= 4 is 29.0 Å². The first kappa shape index (κ1) is 22.0. The highest BCUT2D eigenvalue weighted by Gasteiger charge is 2.41. The van der Waals surface area contributed by atoms with E-state index >= 15 is 0 Å². The number of rotatable bonds is 5. The van der Waals surface area contributed by atoms with Crippen molar-refractivity contribution in [1.82, 2.24) is 9.97 Å². The summed E-state index contributed by atoms with van der Waals surface area (Å²) in [5.74, 6) is 8.50. The summed E-state index contributed by atoms with van der Waals surface area (Å²) < 4.78 is 0. The van der Waals surface area contributed by atoms with Crippen LogP contribution in [0.15, 0.2) is 30.5 Å². The molecular formula is C23H31N7O2. The molecule has 1 aromatic heterocycles. The van der Waals surface area contributed by atoms with E-state index in [1.54, 1.807) is 30.3 Å². The van der Waals surface area contributed by atoms with Gasteiger partial charge in [-0.25, -0.2) is 4.98 Å². The van der Waals surface area contributed by atoms with Gasteiger partial charge >= 0.3 is 0 Å². The second kappa shape index (κ2) is 8.37. The van der Waals surface area contributed by atoms with Crippen molar-refractivity contribution < 1.29 is 9.66 Å². The van der Waals surface area contributed by atoms with Crippen LogP contribution in [0.4, 0.5) is 23.1 Å². The van der Waals surface area contributed by atoms with Crippen molar-refractivity contribution in [2.24, 2.45) is 5.41 Å². The molecule has 170 valence electrons. The summed E-state index contributed by atoms with van der Waals surface area (Å²) >= 11 is 0. The van der Waals surface area contributed by atoms with Gasteiger partial charge in [0.1, 0.15) is 5.69 Å². The number of anilines is 3. The zero-order valence-electron chi connectivity index (χ0n) is 19.1. The van der Waals surface area contributed by atoms with Gasteiger partial charge in [0.15, 0.2) is 5.82 Å². The molecular weight excluding hydrogens is 406 g/mol. The van der Waals surface area contributed by atoms with Gasteiger partial charge in [-0.1, -0.05) is 25.0 Å². The number of amides is 1. The molecule has 2 heterocycles. The molecule has 1 aliphatic carbocycles. The third-order valence-corrected chi connectivity index (χ3v) is 6.57. The van der Waals surface area contributed by atoms with Crippen molar-refractivity contribution in [3.8, 4) is 0 Å². The van der Waals surface area contributed by atoms with E-state index in [2.05, 4.69) is 15.2 Å². The Labute approximate surface area is 188 Å². The summed E-state index contributed by atoms with van der Waals surface area (Å²) in [6, 6.07) is 7.14. The summed E-state index contributed by atoms with van der Waals surface area (Å²) in [4.78, 5) is 37.7. The van der Waals surface area contributed by atoms with Crippen LogP contribution in [-0.2, 0) is 4.79 Å². The molecule has 2 aromatic rings. The van der Waals surface area contributed by atoms with Crippen molar-refractivity contribution in [2.45, 2.75) is 58.5 Å². The van der Waals surface area contributed by atoms with E-state index in [-0.39, 0.29) is 22.5 Å². The molecule has 1 saturated carbocycles. The van der Waals surface area contributed by atoms with E-state index in [9.17, 15) is 9.70 Å². The molecule has 0 spiro atoms. The average molecular weight is 438 g/mol. The summed E-state index contributed by atoms with van der Waals surface area (Å²) in [5, 5.41) is 3.34. The molecule has 1 aliphatic heterocycles. The van der Waals surface area contributed by atoms with Crippen LogP contribution < -0.4 is 15.1 Å². The fourth-order valence-electron chi connectivity index (χ4n) is 4.71. The van der Waals surface area contributed by atoms with Crippen LogP contribution in [0, 0.1) is 10.3 Å². The third kappa shape index (κ3) is 4.11. The zero-order chi connectivity index (χ0) is 23.0. The molecule has 2 aliphatic rings. The van der Waals surface area contributed by atoms with E-state index < -0.39 is 5.41 Å². The topological polar surface area (TPSA) is 105 Å². The lowest BCUT2D eigenvalue weighted by Gasteiger charge is -2.34. The molecule has 9 heteroatoms. The van der Waals surface area contributed by atoms with E-state index in [0.717, 1.165) is 29.9 Å². The number of hydrogen-bond donors (Lipinski definition) is 1. The molecule has 32 heavy (non-hydrogen) atoms. The molecule has 0 radical (unpaired) electrons. The Bertz CT molecular complexity index is 1020. The largest absolute Gasteiger partial charge is 0.398 e. The van der Waals surface area contributed by atoms with Crippen molar-refractivity contribution in [1.29, 1.82) is 0 Å². The van der Waals surface area contributed by atoms with Crippen LogP contribution in [0.1, 0.15) is 58.1 Å². The Morgan fingerprint density at radius 1 is 1.22 bits per heavy atom. The number of aromatic nitrogens is 2. The van der Waals surface area contributed by atoms with Gasteiger partial charge in [-0.15, -0.1) is 0 Å². The van der Waals surface area contributed by atoms with Gasteiger partial charge in [-0.3, -0.25) is 4.79 Å². The van der Waals surface area contributed by atoms with Gasteiger partial charge < -0.3 is 21.0 Å². The number of nitroso groups, excluding NO2 is 1. The quantitative estimate of drug-likeness (QED) is 0.533. The number of benzene rings is 1. The normalized spacial score (nSPS) is 19.4. The van der Waals surface area contributed by atoms with Gasteiger partial charge in [-0.05, 0) is 39.2 Å². The maximum absolute atomic E-state index is 13.1. The minimum absolute atomic E-state index is 0.0684. The highest BCUT2D eigenvalue weighted by molar-refractivity contribution is 6.00. The highest BCUT2D eigenvalue weighted by Crippen LogP contribution is 2.40. The maximum Gasteiger partial charge on any atom is 0.250 e. The molecule has 1 fully saturated rings. The predicted octanol–water partition coefficient (Wildman–Crippen LogP) is 4.78. The monoisotopic (exact) mass is 437 g/mol. The molecule has 9 nitrogen and oxygen atoms in total. The number of nitrogens with one attached hydrogen (secondary N) is 2. The maximum atomic E-state index is 13.1. The van der Waals surface area contributed by atoms with E-state index in [1.165, 1.54) is 12.8 Å². The van der Waals surface area contributed by atoms with E-state index in [4.69, 9.17) is 10.8 Å². The molecule has 0 bridgehead atoms. The minimum atomic E-state index is -0.520. The first-order valence-electron chi connectivity index (χ1n) is 11.1. The van der Waals surface area contributed by atoms with Crippen LogP contribution in [0.25, 0.3) is 5.84 Å². The number of carbonyl (C=O) groups is 1. The fourth-order valence-corrected chi connectivity index (χ4v) is 4.71. The van der Waals surface area contributed by atoms with E-state index in [0.29, 0.717) is 18.5 Å². The SMILES string of the molecule is C[C@H](Nc1ncc2c(n1)N(C1CCCC1)CC(C)(C)C(=O)N2C)c1ccc([N+]([NH-])=O)cc1. The van der Waals surface area contributed by atoms with Crippen molar-refractivity contribution in [2.75, 3.05) is 28.7 Å². The minimum Gasteiger partial charge on any atom is -0.398 e. The van der Waals surface area contributed by atoms with Crippen molar-refractivity contribution in [3.63, 3.8) is 0 Å². The summed E-state index contributed by atoms with van der Waals surface area (Å²) in [5.41, 5.74) is 1.45. The Morgan fingerprint density at radius 3 is 2.50 bits per heavy atom. The average Bonchev–Trinajstić information content (AvgIpc) is 3.29. The lowest BCUT2D eigenvalue weighted by Crippen LogP contribution is -2.45. The Balaban J connectivity index is 1.65. The number of carbonyl (C=O) groups excluding carboxylic acids is 1. The standard InChI is InChI=1S/C23H31N7O2/c1-15(16-9-11-18(12-10-16)30(24)32)26-22-25-13-19-20(27-22)29(17-7-5-6-8-17)14-23(2,3)21(31)28(19)4/h9-13,15,17,24H,5-8,14H2,1-4H3,(H,25,26,27)/t15-/m0/s1. The Kier molecular flexibility index (Phi) is 5.75. The third-order valence-electron chi connectivity index (χ3n) is 6.57. The number of fused-ring (bicyclic) bond motifs is 1. The smallest absolute Gasteiger partial charge is 0.250 e. The summed E-state index contributed by atoms with van der Waals surface area (Å²) in [7, 11) is 1.80. The highest BCUT2D eigenvalue weighted by atomic mass is 16.3. The van der Waals surface area contributed by atoms with Gasteiger partial charge in [0, 0.05) is 41.5 Å². The second-order valence-electron chi connectivity index (χ2n) is 9.47. The molecule has 0 saturated heterocycles. The van der Waals surface area contributed by atoms with Gasteiger partial charge in [0.2, 0.25) is 11.9 Å². The second-order valence-corrected chi connectivity index (χ2v) is 9.47. The molecule has 1 atom stereocenters. The van der Waals surface area contributed by atoms with Gasteiger partial charge in [-0.2, -0.15) is 4.98 Å². The molecule has 4 rings (SSSR count). The Morgan fingerprint density at radius 2 is 1.88 bits per heavy atom. The van der Waals surface area contributed by atoms with Gasteiger partial charge in [0.05, 0.1) is 17.7 Å². The molecule has 0 unspecified atom stereocenters. The fraction of sp³-hybridized carbons (Fsp3) is 0.522. The lowest BCUT2D eigenvalue weighted by molar-refractivity contribution is -0.385. The first-order chi connectivity index (χ1) is 15.2. The molecule has 2 N–H and O–H groups in total. The van der Waals surface area contributed by atoms with Gasteiger partial charge in [0.25, 0.3) is 5.69 Å². The van der Waals surface area contributed by atoms with Crippen LogP contribution in [0.2, 0.25) is 0 Å². The number of nitrogens with zero attached hydrogens (tertiary/aromatic N) is 5. The van der Waals surface area contributed by atoms with Crippen LogP contribution in [0.5, 0.6) is 0 Å². The molecule has 1 amide bonds. The Hall–Kier alpha value is -3.23. The summed E-state index contributed by atoms with van der Waals surface area (Å²) in [6.45, 7) is 6.61. The summed E-state index contributed by atoms with van der Waals surface area (Å²) in [6.07, 6.45) is 6.34. The predicted molar refractivity (Wildman–Crippen MR) is 125 cm³/mol. The van der Waals surface area contributed by atoms with E-state index in [1.807, 2.05) is 32.9 Å². The molecule has 1 aromatic carbocycles. The van der Waals surface area contributed by atoms with Crippen LogP contribution >= 0.6 is 0 Å². The van der Waals surface area contributed by atoms with Crippen molar-refractivity contribution in [3.05, 3.63) is 46.8 Å². The lowest BCUT2D eigenvalue weighted by atomic mass is 9.91. The zero-order valence-corrected chi connectivity index (χ0v) is 19.1.